The van der Waals surface area contributed by atoms with Gasteiger partial charge in [-0.25, -0.2) is 4.98 Å². The number of aromatic amines is 1. The predicted molar refractivity (Wildman–Crippen MR) is 103 cm³/mol. The van der Waals surface area contributed by atoms with E-state index in [4.69, 9.17) is 4.84 Å². The quantitative estimate of drug-likeness (QED) is 0.700. The molecule has 0 aliphatic carbocycles. The number of nitrogens with one attached hydrogen (secondary N) is 3. The Labute approximate surface area is 153 Å². The van der Waals surface area contributed by atoms with Crippen LogP contribution in [0, 0.1) is 12.8 Å². The summed E-state index contributed by atoms with van der Waals surface area (Å²) in [7, 11) is 0. The van der Waals surface area contributed by atoms with Crippen molar-refractivity contribution in [3.8, 4) is 0 Å². The van der Waals surface area contributed by atoms with Crippen molar-refractivity contribution in [2.24, 2.45) is 11.1 Å². The Morgan fingerprint density at radius 2 is 1.96 bits per heavy atom. The highest BCUT2D eigenvalue weighted by atomic mass is 16.6. The standard InChI is InChI=1S/C18H27N7O/c1-10(2)14-8-17(24-23-14)21-16-6-12(5)20-18(22-16)19-9-13-7-15(11(3)4)25-26-13/h6,8,10-11,13H,7,9H2,1-5H3,(H3,19,20,21,22,23,24). The third-order valence-corrected chi connectivity index (χ3v) is 4.24. The monoisotopic (exact) mass is 357 g/mol. The van der Waals surface area contributed by atoms with E-state index in [0.29, 0.717) is 30.1 Å². The lowest BCUT2D eigenvalue weighted by Crippen LogP contribution is -2.22. The molecule has 3 rings (SSSR count). The molecule has 0 amide bonds. The van der Waals surface area contributed by atoms with Crippen molar-refractivity contribution in [2.75, 3.05) is 17.2 Å². The molecule has 0 bridgehead atoms. The average molecular weight is 357 g/mol. The van der Waals surface area contributed by atoms with Crippen LogP contribution in [0.5, 0.6) is 0 Å². The SMILES string of the molecule is Cc1cc(Nc2cc(C(C)C)[nH]n2)nc(NCC2CC(C(C)C)=NO2)n1. The Bertz CT molecular complexity index is 782. The highest BCUT2D eigenvalue weighted by Crippen LogP contribution is 2.20. The molecule has 0 aromatic carbocycles. The predicted octanol–water partition coefficient (Wildman–Crippen LogP) is 3.59. The molecule has 0 spiro atoms. The highest BCUT2D eigenvalue weighted by Gasteiger charge is 2.23. The summed E-state index contributed by atoms with van der Waals surface area (Å²) in [4.78, 5) is 14.4. The number of H-pyrrole nitrogens is 1. The van der Waals surface area contributed by atoms with E-state index in [1.165, 1.54) is 0 Å². The van der Waals surface area contributed by atoms with Crippen LogP contribution in [0.2, 0.25) is 0 Å². The van der Waals surface area contributed by atoms with Crippen molar-refractivity contribution in [1.82, 2.24) is 20.2 Å². The van der Waals surface area contributed by atoms with Crippen LogP contribution in [0.3, 0.4) is 0 Å². The summed E-state index contributed by atoms with van der Waals surface area (Å²) in [6, 6.07) is 3.88. The van der Waals surface area contributed by atoms with Gasteiger partial charge in [-0.1, -0.05) is 32.9 Å². The summed E-state index contributed by atoms with van der Waals surface area (Å²) >= 11 is 0. The Morgan fingerprint density at radius 3 is 2.62 bits per heavy atom. The van der Waals surface area contributed by atoms with Gasteiger partial charge in [0.25, 0.3) is 0 Å². The van der Waals surface area contributed by atoms with Gasteiger partial charge in [-0.05, 0) is 18.8 Å². The second kappa shape index (κ2) is 7.72. The minimum absolute atomic E-state index is 0.0212. The minimum atomic E-state index is 0.0212. The minimum Gasteiger partial charge on any atom is -0.390 e. The van der Waals surface area contributed by atoms with Gasteiger partial charge < -0.3 is 15.5 Å². The smallest absolute Gasteiger partial charge is 0.224 e. The Hall–Kier alpha value is -2.64. The number of aromatic nitrogens is 4. The van der Waals surface area contributed by atoms with Crippen LogP contribution < -0.4 is 10.6 Å². The molecule has 140 valence electrons. The van der Waals surface area contributed by atoms with E-state index >= 15 is 0 Å². The fourth-order valence-corrected chi connectivity index (χ4v) is 2.64. The van der Waals surface area contributed by atoms with Gasteiger partial charge in [0.15, 0.2) is 5.82 Å². The molecule has 2 aromatic rings. The van der Waals surface area contributed by atoms with Crippen LogP contribution in [-0.2, 0) is 4.84 Å². The van der Waals surface area contributed by atoms with E-state index in [-0.39, 0.29) is 6.10 Å². The second-order valence-electron chi connectivity index (χ2n) is 7.26. The van der Waals surface area contributed by atoms with Crippen molar-refractivity contribution < 1.29 is 4.84 Å². The summed E-state index contributed by atoms with van der Waals surface area (Å²) < 4.78 is 0. The molecule has 0 fully saturated rings. The summed E-state index contributed by atoms with van der Waals surface area (Å²) in [5, 5.41) is 17.9. The second-order valence-corrected chi connectivity index (χ2v) is 7.26. The summed E-state index contributed by atoms with van der Waals surface area (Å²) in [6.45, 7) is 11.0. The maximum Gasteiger partial charge on any atom is 0.224 e. The molecule has 1 atom stereocenters. The molecule has 1 aliphatic rings. The zero-order chi connectivity index (χ0) is 18.7. The lowest BCUT2D eigenvalue weighted by molar-refractivity contribution is 0.0947. The topological polar surface area (TPSA) is 100 Å². The van der Waals surface area contributed by atoms with Crippen molar-refractivity contribution >= 4 is 23.3 Å². The molecule has 1 unspecified atom stereocenters. The molecule has 0 saturated carbocycles. The van der Waals surface area contributed by atoms with Crippen LogP contribution in [0.15, 0.2) is 17.3 Å². The lowest BCUT2D eigenvalue weighted by atomic mass is 10.0. The number of rotatable bonds is 7. The first-order chi connectivity index (χ1) is 12.4. The van der Waals surface area contributed by atoms with E-state index < -0.39 is 0 Å². The van der Waals surface area contributed by atoms with Gasteiger partial charge in [0.2, 0.25) is 5.95 Å². The van der Waals surface area contributed by atoms with Crippen molar-refractivity contribution in [3.63, 3.8) is 0 Å². The molecular formula is C18H27N7O. The summed E-state index contributed by atoms with van der Waals surface area (Å²) in [5.74, 6) is 2.82. The van der Waals surface area contributed by atoms with Crippen molar-refractivity contribution in [3.05, 3.63) is 23.5 Å². The number of hydrogen-bond acceptors (Lipinski definition) is 7. The molecule has 8 nitrogen and oxygen atoms in total. The van der Waals surface area contributed by atoms with Crippen LogP contribution in [0.1, 0.15) is 51.4 Å². The number of oxime groups is 1. The van der Waals surface area contributed by atoms with Gasteiger partial charge >= 0.3 is 0 Å². The Morgan fingerprint density at radius 1 is 1.15 bits per heavy atom. The van der Waals surface area contributed by atoms with Crippen LogP contribution in [0.4, 0.5) is 17.6 Å². The van der Waals surface area contributed by atoms with Gasteiger partial charge in [0.1, 0.15) is 11.9 Å². The van der Waals surface area contributed by atoms with E-state index in [2.05, 4.69) is 63.6 Å². The number of aryl methyl sites for hydroxylation is 1. The Kier molecular flexibility index (Phi) is 5.39. The molecule has 0 radical (unpaired) electrons. The number of hydrogen-bond donors (Lipinski definition) is 3. The van der Waals surface area contributed by atoms with Gasteiger partial charge in [0, 0.05) is 29.9 Å². The Balaban J connectivity index is 1.60. The first-order valence-electron chi connectivity index (χ1n) is 9.05. The van der Waals surface area contributed by atoms with Crippen LogP contribution >= 0.6 is 0 Å². The molecule has 8 heteroatoms. The number of anilines is 3. The number of nitrogens with zero attached hydrogens (tertiary/aromatic N) is 4. The molecular weight excluding hydrogens is 330 g/mol. The normalized spacial score (nSPS) is 16.7. The van der Waals surface area contributed by atoms with Gasteiger partial charge in [-0.2, -0.15) is 10.1 Å². The zero-order valence-electron chi connectivity index (χ0n) is 16.0. The van der Waals surface area contributed by atoms with Gasteiger partial charge in [-0.15, -0.1) is 0 Å². The van der Waals surface area contributed by atoms with E-state index in [1.807, 2.05) is 19.1 Å². The largest absolute Gasteiger partial charge is 0.390 e. The maximum absolute atomic E-state index is 5.47. The maximum atomic E-state index is 5.47. The van der Waals surface area contributed by atoms with E-state index in [9.17, 15) is 0 Å². The van der Waals surface area contributed by atoms with E-state index in [0.717, 1.165) is 29.3 Å². The van der Waals surface area contributed by atoms with Crippen LogP contribution in [-0.4, -0.2) is 38.5 Å². The summed E-state index contributed by atoms with van der Waals surface area (Å²) in [6.07, 6.45) is 0.861. The van der Waals surface area contributed by atoms with Crippen molar-refractivity contribution in [1.29, 1.82) is 0 Å². The fraction of sp³-hybridized carbons (Fsp3) is 0.556. The molecule has 0 saturated heterocycles. The van der Waals surface area contributed by atoms with Crippen molar-refractivity contribution in [2.45, 2.75) is 53.1 Å². The lowest BCUT2D eigenvalue weighted by Gasteiger charge is -2.12. The first-order valence-corrected chi connectivity index (χ1v) is 9.05. The fourth-order valence-electron chi connectivity index (χ4n) is 2.64. The molecule has 26 heavy (non-hydrogen) atoms. The average Bonchev–Trinajstić information content (AvgIpc) is 3.21. The zero-order valence-corrected chi connectivity index (χ0v) is 16.0. The van der Waals surface area contributed by atoms with E-state index in [1.54, 1.807) is 0 Å². The third-order valence-electron chi connectivity index (χ3n) is 4.24. The first kappa shape index (κ1) is 18.2. The van der Waals surface area contributed by atoms with Gasteiger partial charge in [0.05, 0.1) is 12.3 Å². The molecule has 2 aromatic heterocycles. The third kappa shape index (κ3) is 4.50. The van der Waals surface area contributed by atoms with Gasteiger partial charge in [-0.3, -0.25) is 5.10 Å². The summed E-state index contributed by atoms with van der Waals surface area (Å²) in [5.41, 5.74) is 3.05. The molecule has 3 heterocycles. The molecule has 1 aliphatic heterocycles. The molecule has 3 N–H and O–H groups in total. The highest BCUT2D eigenvalue weighted by molar-refractivity contribution is 5.87. The van der Waals surface area contributed by atoms with Crippen LogP contribution in [0.25, 0.3) is 0 Å².